The van der Waals surface area contributed by atoms with Crippen molar-refractivity contribution in [1.82, 2.24) is 0 Å². The molecule has 0 aliphatic heterocycles. The minimum absolute atomic E-state index is 1.25. The van der Waals surface area contributed by atoms with Crippen LogP contribution in [-0.4, -0.2) is 0 Å². The SMILES string of the molecule is [c]1cccc2c1c1c3ccccc3c2c2ccc3ccccc3c21. The second-order valence-electron chi connectivity index (χ2n) is 6.46. The normalized spacial score (nSPS) is 12.2. The first-order valence-corrected chi connectivity index (χ1v) is 8.31. The van der Waals surface area contributed by atoms with Crippen LogP contribution in [0.4, 0.5) is 0 Å². The molecule has 0 aliphatic rings. The van der Waals surface area contributed by atoms with Gasteiger partial charge in [0.25, 0.3) is 0 Å². The Morgan fingerprint density at radius 2 is 1.17 bits per heavy atom. The molecule has 0 saturated heterocycles. The van der Waals surface area contributed by atoms with Crippen molar-refractivity contribution < 1.29 is 0 Å². The molecule has 7 aromatic carbocycles. The van der Waals surface area contributed by atoms with Gasteiger partial charge in [0.2, 0.25) is 0 Å². The molecule has 0 heterocycles. The van der Waals surface area contributed by atoms with Crippen LogP contribution in [0.3, 0.4) is 0 Å². The van der Waals surface area contributed by atoms with Crippen molar-refractivity contribution in [3.8, 4) is 0 Å². The fraction of sp³-hybridized carbons (Fsp3) is 0. The standard InChI is InChI=1S/C24H13/c1-2-8-16-15(7-1)13-14-21-22-17-9-3-5-11-19(17)24(23(16)21)20-12-6-4-10-18(20)22/h1-11,13-14H. The van der Waals surface area contributed by atoms with Crippen LogP contribution in [0, 0.1) is 6.07 Å². The first-order valence-electron chi connectivity index (χ1n) is 8.31. The molecule has 0 saturated carbocycles. The predicted molar refractivity (Wildman–Crippen MR) is 104 cm³/mol. The third-order valence-corrected chi connectivity index (χ3v) is 5.29. The van der Waals surface area contributed by atoms with Gasteiger partial charge in [0.15, 0.2) is 0 Å². The average Bonchev–Trinajstić information content (AvgIpc) is 2.67. The van der Waals surface area contributed by atoms with Crippen molar-refractivity contribution in [3.63, 3.8) is 0 Å². The third-order valence-electron chi connectivity index (χ3n) is 5.29. The molecule has 0 atom stereocenters. The summed E-state index contributed by atoms with van der Waals surface area (Å²) in [7, 11) is 0. The van der Waals surface area contributed by atoms with E-state index in [1.165, 1.54) is 53.9 Å². The van der Waals surface area contributed by atoms with Gasteiger partial charge in [-0.3, -0.25) is 0 Å². The monoisotopic (exact) mass is 301 g/mol. The van der Waals surface area contributed by atoms with E-state index in [2.05, 4.69) is 78.9 Å². The summed E-state index contributed by atoms with van der Waals surface area (Å²) in [6.07, 6.45) is 0. The van der Waals surface area contributed by atoms with E-state index >= 15 is 0 Å². The van der Waals surface area contributed by atoms with Crippen molar-refractivity contribution >= 4 is 53.9 Å². The fourth-order valence-electron chi connectivity index (χ4n) is 4.35. The zero-order valence-electron chi connectivity index (χ0n) is 13.0. The van der Waals surface area contributed by atoms with E-state index in [1.807, 2.05) is 6.07 Å². The maximum absolute atomic E-state index is 3.51. The summed E-state index contributed by atoms with van der Waals surface area (Å²) < 4.78 is 0. The number of fused-ring (bicyclic) bond motifs is 1. The van der Waals surface area contributed by atoms with E-state index < -0.39 is 0 Å². The van der Waals surface area contributed by atoms with Gasteiger partial charge < -0.3 is 0 Å². The van der Waals surface area contributed by atoms with Crippen LogP contribution >= 0.6 is 0 Å². The third kappa shape index (κ3) is 1.35. The van der Waals surface area contributed by atoms with Crippen molar-refractivity contribution in [2.45, 2.75) is 0 Å². The van der Waals surface area contributed by atoms with E-state index in [-0.39, 0.29) is 0 Å². The Hall–Kier alpha value is -3.12. The van der Waals surface area contributed by atoms with Crippen molar-refractivity contribution in [2.24, 2.45) is 0 Å². The second kappa shape index (κ2) is 4.24. The molecule has 0 fully saturated rings. The molecule has 109 valence electrons. The molecule has 1 radical (unpaired) electrons. The van der Waals surface area contributed by atoms with Gasteiger partial charge in [0, 0.05) is 0 Å². The van der Waals surface area contributed by atoms with Crippen molar-refractivity contribution in [1.29, 1.82) is 0 Å². The van der Waals surface area contributed by atoms with Gasteiger partial charge in [-0.25, -0.2) is 0 Å². The highest BCUT2D eigenvalue weighted by molar-refractivity contribution is 6.43. The highest BCUT2D eigenvalue weighted by Crippen LogP contribution is 2.46. The number of rotatable bonds is 0. The second-order valence-corrected chi connectivity index (χ2v) is 6.46. The van der Waals surface area contributed by atoms with Gasteiger partial charge in [0.05, 0.1) is 0 Å². The van der Waals surface area contributed by atoms with Gasteiger partial charge in [0.1, 0.15) is 0 Å². The lowest BCUT2D eigenvalue weighted by molar-refractivity contribution is 1.78. The zero-order chi connectivity index (χ0) is 15.7. The minimum Gasteiger partial charge on any atom is -0.0616 e. The lowest BCUT2D eigenvalue weighted by atomic mass is 9.84. The summed E-state index contributed by atoms with van der Waals surface area (Å²) >= 11 is 0. The molecule has 24 heavy (non-hydrogen) atoms. The number of hydrogen-bond donors (Lipinski definition) is 0. The molecular weight excluding hydrogens is 288 g/mol. The molecule has 0 unspecified atom stereocenters. The fourth-order valence-corrected chi connectivity index (χ4v) is 4.35. The van der Waals surface area contributed by atoms with Gasteiger partial charge in [-0.05, 0) is 59.9 Å². The van der Waals surface area contributed by atoms with Crippen LogP contribution in [-0.2, 0) is 0 Å². The minimum atomic E-state index is 1.25. The number of hydrogen-bond acceptors (Lipinski definition) is 0. The van der Waals surface area contributed by atoms with E-state index in [0.717, 1.165) is 0 Å². The smallest absolute Gasteiger partial charge is 0.000763 e. The molecule has 0 aliphatic carbocycles. The summed E-state index contributed by atoms with van der Waals surface area (Å²) in [5.74, 6) is 0. The van der Waals surface area contributed by atoms with E-state index in [9.17, 15) is 0 Å². The van der Waals surface area contributed by atoms with Gasteiger partial charge in [-0.1, -0.05) is 78.9 Å². The summed E-state index contributed by atoms with van der Waals surface area (Å²) in [4.78, 5) is 0. The Labute approximate surface area is 139 Å². The summed E-state index contributed by atoms with van der Waals surface area (Å²) in [6, 6.07) is 31.9. The molecule has 0 aromatic heterocycles. The molecule has 7 rings (SSSR count). The maximum atomic E-state index is 3.51. The lowest BCUT2D eigenvalue weighted by Gasteiger charge is -2.18. The Morgan fingerprint density at radius 3 is 2.04 bits per heavy atom. The van der Waals surface area contributed by atoms with E-state index in [0.29, 0.717) is 0 Å². The summed E-state index contributed by atoms with van der Waals surface area (Å²) in [6.45, 7) is 0. The highest BCUT2D eigenvalue weighted by Gasteiger charge is 2.17. The van der Waals surface area contributed by atoms with Crippen LogP contribution < -0.4 is 0 Å². The Bertz CT molecular complexity index is 1330. The van der Waals surface area contributed by atoms with Gasteiger partial charge in [-0.15, -0.1) is 0 Å². The summed E-state index contributed by atoms with van der Waals surface area (Å²) in [5, 5.41) is 13.3. The summed E-state index contributed by atoms with van der Waals surface area (Å²) in [5.41, 5.74) is 0. The quantitative estimate of drug-likeness (QED) is 0.216. The molecule has 0 amide bonds. The maximum Gasteiger partial charge on any atom is -0.000763 e. The Kier molecular flexibility index (Phi) is 2.18. The molecule has 7 aromatic rings. The Balaban J connectivity index is 2.12. The first kappa shape index (κ1) is 12.3. The largest absolute Gasteiger partial charge is 0.0616 e. The predicted octanol–water partition coefficient (Wildman–Crippen LogP) is 6.69. The highest BCUT2D eigenvalue weighted by atomic mass is 14.2. The van der Waals surface area contributed by atoms with Crippen LogP contribution in [0.1, 0.15) is 0 Å². The van der Waals surface area contributed by atoms with Crippen LogP contribution in [0.5, 0.6) is 0 Å². The topological polar surface area (TPSA) is 0 Å². The van der Waals surface area contributed by atoms with Crippen molar-refractivity contribution in [2.75, 3.05) is 0 Å². The molecule has 0 nitrogen and oxygen atoms in total. The molecule has 2 bridgehead atoms. The lowest BCUT2D eigenvalue weighted by Crippen LogP contribution is -1.90. The van der Waals surface area contributed by atoms with Crippen LogP contribution in [0.2, 0.25) is 0 Å². The van der Waals surface area contributed by atoms with Gasteiger partial charge in [-0.2, -0.15) is 0 Å². The average molecular weight is 301 g/mol. The molecule has 0 N–H and O–H groups in total. The molecule has 0 spiro atoms. The van der Waals surface area contributed by atoms with Gasteiger partial charge >= 0.3 is 0 Å². The molecule has 0 heteroatoms. The number of benzene rings is 7. The first-order chi connectivity index (χ1) is 11.9. The molecular formula is C24H13. The zero-order valence-corrected chi connectivity index (χ0v) is 13.0. The van der Waals surface area contributed by atoms with Crippen molar-refractivity contribution in [3.05, 3.63) is 84.9 Å². The van der Waals surface area contributed by atoms with Crippen LogP contribution in [0.25, 0.3) is 53.9 Å². The Morgan fingerprint density at radius 1 is 0.458 bits per heavy atom. The van der Waals surface area contributed by atoms with Crippen LogP contribution in [0.15, 0.2) is 78.9 Å². The van der Waals surface area contributed by atoms with E-state index in [4.69, 9.17) is 0 Å². The van der Waals surface area contributed by atoms with E-state index in [1.54, 1.807) is 0 Å².